The Morgan fingerprint density at radius 1 is 0.667 bits per heavy atom. The topological polar surface area (TPSA) is 17.1 Å². The van der Waals surface area contributed by atoms with E-state index in [1.165, 1.54) is 0 Å². The molecule has 0 saturated heterocycles. The van der Waals surface area contributed by atoms with Gasteiger partial charge in [-0.05, 0) is 0 Å². The molecule has 70 valence electrons. The molecule has 0 atom stereocenters. The molecule has 1 nitrogen and oxygen atoms in total. The third-order valence-electron chi connectivity index (χ3n) is 2.07. The van der Waals surface area contributed by atoms with Gasteiger partial charge in [0, 0.05) is 48.9 Å². The largest absolute Gasteiger partial charge is 0.289 e. The number of hydrogen-bond acceptors (Lipinski definition) is 1. The molecule has 0 unspecified atom stereocenters. The van der Waals surface area contributed by atoms with Crippen molar-refractivity contribution in [2.45, 2.75) is 0 Å². The van der Waals surface area contributed by atoms with Crippen molar-refractivity contribution >= 4 is 43.5 Å². The zero-order valence-corrected chi connectivity index (χ0v) is 10.6. The number of rotatable bonds is 2. The molecule has 0 aromatic heterocycles. The maximum Gasteiger partial charge on any atom is 0.193 e. The summed E-state index contributed by atoms with van der Waals surface area (Å²) in [6.07, 6.45) is 0. The van der Waals surface area contributed by atoms with E-state index in [2.05, 4.69) is 0 Å². The SMILES string of the molecule is O=C(c1ccccc1)c1ccccc1.[Ca]. The van der Waals surface area contributed by atoms with Crippen molar-refractivity contribution < 1.29 is 4.79 Å². The van der Waals surface area contributed by atoms with Crippen LogP contribution >= 0.6 is 0 Å². The van der Waals surface area contributed by atoms with Crippen LogP contribution in [0.2, 0.25) is 0 Å². The van der Waals surface area contributed by atoms with E-state index in [0.717, 1.165) is 11.1 Å². The summed E-state index contributed by atoms with van der Waals surface area (Å²) >= 11 is 0. The Bertz CT molecular complexity index is 381. The number of carbonyl (C=O) groups excluding carboxylic acids is 1. The molecule has 2 rings (SSSR count). The van der Waals surface area contributed by atoms with Gasteiger partial charge in [-0.25, -0.2) is 0 Å². The van der Waals surface area contributed by atoms with Crippen LogP contribution < -0.4 is 0 Å². The Hall–Kier alpha value is -0.630. The third kappa shape index (κ3) is 3.16. The molecule has 0 aliphatic carbocycles. The summed E-state index contributed by atoms with van der Waals surface area (Å²) < 4.78 is 0. The van der Waals surface area contributed by atoms with E-state index in [1.807, 2.05) is 60.7 Å². The van der Waals surface area contributed by atoms with E-state index in [1.54, 1.807) is 0 Å². The first-order valence-corrected chi connectivity index (χ1v) is 4.53. The van der Waals surface area contributed by atoms with Gasteiger partial charge >= 0.3 is 0 Å². The smallest absolute Gasteiger partial charge is 0.193 e. The molecule has 0 spiro atoms. The first kappa shape index (κ1) is 12.4. The van der Waals surface area contributed by atoms with Gasteiger partial charge in [-0.1, -0.05) is 60.7 Å². The fourth-order valence-corrected chi connectivity index (χ4v) is 1.35. The van der Waals surface area contributed by atoms with Crippen molar-refractivity contribution in [1.29, 1.82) is 0 Å². The summed E-state index contributed by atoms with van der Waals surface area (Å²) in [5.74, 6) is 0.0752. The number of ketones is 1. The van der Waals surface area contributed by atoms with Gasteiger partial charge in [-0.3, -0.25) is 4.79 Å². The summed E-state index contributed by atoms with van der Waals surface area (Å²) in [6, 6.07) is 18.6. The van der Waals surface area contributed by atoms with Crippen molar-refractivity contribution in [1.82, 2.24) is 0 Å². The Morgan fingerprint density at radius 3 is 1.33 bits per heavy atom. The van der Waals surface area contributed by atoms with Crippen LogP contribution in [0.4, 0.5) is 0 Å². The number of hydrogen-bond donors (Lipinski definition) is 0. The van der Waals surface area contributed by atoms with Gasteiger partial charge in [-0.2, -0.15) is 0 Å². The van der Waals surface area contributed by atoms with E-state index < -0.39 is 0 Å². The summed E-state index contributed by atoms with van der Waals surface area (Å²) in [5, 5.41) is 0. The van der Waals surface area contributed by atoms with Crippen LogP contribution in [-0.2, 0) is 0 Å². The molecule has 2 radical (unpaired) electrons. The maximum atomic E-state index is 11.8. The van der Waals surface area contributed by atoms with E-state index in [-0.39, 0.29) is 43.5 Å². The summed E-state index contributed by atoms with van der Waals surface area (Å²) in [6.45, 7) is 0. The molecule has 0 fully saturated rings. The van der Waals surface area contributed by atoms with Gasteiger partial charge in [0.05, 0.1) is 0 Å². The normalized spacial score (nSPS) is 9.07. The zero-order valence-electron chi connectivity index (χ0n) is 8.39. The predicted octanol–water partition coefficient (Wildman–Crippen LogP) is 2.54. The van der Waals surface area contributed by atoms with Crippen LogP contribution in [-0.4, -0.2) is 43.5 Å². The molecule has 2 aromatic rings. The average molecular weight is 222 g/mol. The Labute approximate surface area is 119 Å². The Morgan fingerprint density at radius 2 is 1.00 bits per heavy atom. The number of benzene rings is 2. The molecule has 2 heteroatoms. The van der Waals surface area contributed by atoms with Crippen LogP contribution in [0.5, 0.6) is 0 Å². The van der Waals surface area contributed by atoms with Crippen molar-refractivity contribution in [3.05, 3.63) is 71.8 Å². The maximum absolute atomic E-state index is 11.8. The molecule has 2 aromatic carbocycles. The summed E-state index contributed by atoms with van der Waals surface area (Å²) in [4.78, 5) is 11.8. The number of carbonyl (C=O) groups is 1. The third-order valence-corrected chi connectivity index (χ3v) is 2.07. The fraction of sp³-hybridized carbons (Fsp3) is 0. The molecule has 0 aliphatic heterocycles. The van der Waals surface area contributed by atoms with Crippen LogP contribution in [0.3, 0.4) is 0 Å². The minimum atomic E-state index is 0. The molecule has 0 saturated carbocycles. The molecule has 15 heavy (non-hydrogen) atoms. The van der Waals surface area contributed by atoms with Crippen molar-refractivity contribution in [2.24, 2.45) is 0 Å². The minimum absolute atomic E-state index is 0. The van der Waals surface area contributed by atoms with Gasteiger partial charge in [0.25, 0.3) is 0 Å². The van der Waals surface area contributed by atoms with Crippen LogP contribution in [0.1, 0.15) is 15.9 Å². The van der Waals surface area contributed by atoms with E-state index in [9.17, 15) is 4.79 Å². The van der Waals surface area contributed by atoms with Gasteiger partial charge in [0.1, 0.15) is 0 Å². The Balaban J connectivity index is 0.00000112. The average Bonchev–Trinajstić information content (AvgIpc) is 2.30. The van der Waals surface area contributed by atoms with Crippen molar-refractivity contribution in [3.8, 4) is 0 Å². The fourth-order valence-electron chi connectivity index (χ4n) is 1.35. The molecular weight excluding hydrogens is 212 g/mol. The molecule has 0 amide bonds. The van der Waals surface area contributed by atoms with E-state index in [4.69, 9.17) is 0 Å². The van der Waals surface area contributed by atoms with E-state index >= 15 is 0 Å². The van der Waals surface area contributed by atoms with Crippen molar-refractivity contribution in [3.63, 3.8) is 0 Å². The predicted molar refractivity (Wildman–Crippen MR) is 62.1 cm³/mol. The van der Waals surface area contributed by atoms with Crippen LogP contribution in [0.15, 0.2) is 60.7 Å². The van der Waals surface area contributed by atoms with Gasteiger partial charge in [-0.15, -0.1) is 0 Å². The van der Waals surface area contributed by atoms with E-state index in [0.29, 0.717) is 0 Å². The minimum Gasteiger partial charge on any atom is -0.289 e. The Kier molecular flexibility index (Phi) is 5.03. The standard InChI is InChI=1S/C13H10O.Ca/c14-13(11-7-3-1-4-8-11)12-9-5-2-6-10-12;/h1-10H;. The quantitative estimate of drug-likeness (QED) is 0.563. The van der Waals surface area contributed by atoms with Gasteiger partial charge < -0.3 is 0 Å². The molecule has 0 bridgehead atoms. The van der Waals surface area contributed by atoms with Crippen LogP contribution in [0, 0.1) is 0 Å². The second-order valence-corrected chi connectivity index (χ2v) is 3.06. The van der Waals surface area contributed by atoms with Crippen molar-refractivity contribution in [2.75, 3.05) is 0 Å². The molecule has 0 aliphatic rings. The second kappa shape index (κ2) is 6.06. The zero-order chi connectivity index (χ0) is 9.80. The summed E-state index contributed by atoms with van der Waals surface area (Å²) in [5.41, 5.74) is 1.47. The van der Waals surface area contributed by atoms with Crippen LogP contribution in [0.25, 0.3) is 0 Å². The van der Waals surface area contributed by atoms with Gasteiger partial charge in [0.15, 0.2) is 5.78 Å². The first-order valence-electron chi connectivity index (χ1n) is 4.53. The first-order chi connectivity index (χ1) is 6.88. The molecule has 0 N–H and O–H groups in total. The monoisotopic (exact) mass is 222 g/mol. The second-order valence-electron chi connectivity index (χ2n) is 3.06. The molecular formula is C13H10CaO. The molecule has 0 heterocycles. The van der Waals surface area contributed by atoms with Gasteiger partial charge in [0.2, 0.25) is 0 Å². The summed E-state index contributed by atoms with van der Waals surface area (Å²) in [7, 11) is 0.